The van der Waals surface area contributed by atoms with Crippen LogP contribution in [0, 0.1) is 11.8 Å². The zero-order chi connectivity index (χ0) is 13.7. The van der Waals surface area contributed by atoms with Crippen LogP contribution in [0.1, 0.15) is 52.4 Å². The summed E-state index contributed by atoms with van der Waals surface area (Å²) >= 11 is 0. The molecule has 19 heavy (non-hydrogen) atoms. The van der Waals surface area contributed by atoms with E-state index >= 15 is 0 Å². The number of ether oxygens (including phenoxy) is 1. The van der Waals surface area contributed by atoms with Crippen LogP contribution in [0.5, 0.6) is 0 Å². The average molecular weight is 268 g/mol. The minimum absolute atomic E-state index is 0.440. The molecule has 0 aromatic carbocycles. The van der Waals surface area contributed by atoms with Crippen molar-refractivity contribution in [3.05, 3.63) is 0 Å². The lowest BCUT2D eigenvalue weighted by molar-refractivity contribution is -0.0188. The number of hydrogen-bond donors (Lipinski definition) is 1. The molecule has 0 aromatic heterocycles. The molecule has 1 heterocycles. The van der Waals surface area contributed by atoms with Crippen LogP contribution in [0.15, 0.2) is 0 Å². The van der Waals surface area contributed by atoms with Crippen LogP contribution in [-0.4, -0.2) is 43.3 Å². The number of nitrogens with zero attached hydrogens (tertiary/aromatic N) is 1. The molecule has 0 spiro atoms. The second-order valence-corrected chi connectivity index (χ2v) is 6.54. The average Bonchev–Trinajstić information content (AvgIpc) is 2.43. The van der Waals surface area contributed by atoms with Gasteiger partial charge in [0.15, 0.2) is 0 Å². The van der Waals surface area contributed by atoms with Crippen LogP contribution >= 0.6 is 0 Å². The number of hydrogen-bond acceptors (Lipinski definition) is 3. The van der Waals surface area contributed by atoms with E-state index in [0.29, 0.717) is 12.1 Å². The highest BCUT2D eigenvalue weighted by atomic mass is 16.5. The molecule has 1 aliphatic carbocycles. The predicted molar refractivity (Wildman–Crippen MR) is 80.2 cm³/mol. The molecule has 0 bridgehead atoms. The fraction of sp³-hybridized carbons (Fsp3) is 1.00. The van der Waals surface area contributed by atoms with E-state index in [4.69, 9.17) is 10.5 Å². The summed E-state index contributed by atoms with van der Waals surface area (Å²) in [7, 11) is 0. The van der Waals surface area contributed by atoms with Crippen molar-refractivity contribution in [1.82, 2.24) is 4.90 Å². The van der Waals surface area contributed by atoms with Crippen molar-refractivity contribution in [2.45, 2.75) is 64.5 Å². The van der Waals surface area contributed by atoms with Crippen LogP contribution in [0.25, 0.3) is 0 Å². The highest BCUT2D eigenvalue weighted by molar-refractivity contribution is 4.87. The number of rotatable bonds is 5. The summed E-state index contributed by atoms with van der Waals surface area (Å²) in [5.41, 5.74) is 6.11. The van der Waals surface area contributed by atoms with Gasteiger partial charge in [-0.15, -0.1) is 0 Å². The monoisotopic (exact) mass is 268 g/mol. The first kappa shape index (κ1) is 15.3. The zero-order valence-corrected chi connectivity index (χ0v) is 12.8. The van der Waals surface area contributed by atoms with Gasteiger partial charge in [-0.2, -0.15) is 0 Å². The standard InChI is InChI=1S/C16H32N2O/c1-3-19-15-5-4-10-18(12-15)16(11-17)14-8-6-13(2)7-9-14/h13-16H,3-12,17H2,1-2H3. The molecular formula is C16H32N2O. The van der Waals surface area contributed by atoms with Gasteiger partial charge in [0.25, 0.3) is 0 Å². The molecule has 0 radical (unpaired) electrons. The summed E-state index contributed by atoms with van der Waals surface area (Å²) < 4.78 is 5.83. The van der Waals surface area contributed by atoms with Gasteiger partial charge in [0.2, 0.25) is 0 Å². The van der Waals surface area contributed by atoms with Gasteiger partial charge in [-0.3, -0.25) is 4.90 Å². The lowest BCUT2D eigenvalue weighted by Gasteiger charge is -2.43. The first-order valence-electron chi connectivity index (χ1n) is 8.30. The van der Waals surface area contributed by atoms with E-state index in [9.17, 15) is 0 Å². The van der Waals surface area contributed by atoms with Gasteiger partial charge in [0.05, 0.1) is 6.10 Å². The molecule has 2 aliphatic rings. The third-order valence-electron chi connectivity index (χ3n) is 5.13. The summed E-state index contributed by atoms with van der Waals surface area (Å²) in [6, 6.07) is 0.593. The summed E-state index contributed by atoms with van der Waals surface area (Å²) in [5, 5.41) is 0. The number of likely N-dealkylation sites (tertiary alicyclic amines) is 1. The van der Waals surface area contributed by atoms with Crippen LogP contribution < -0.4 is 5.73 Å². The molecule has 1 saturated carbocycles. The topological polar surface area (TPSA) is 38.5 Å². The minimum Gasteiger partial charge on any atom is -0.377 e. The van der Waals surface area contributed by atoms with Crippen molar-refractivity contribution < 1.29 is 4.74 Å². The van der Waals surface area contributed by atoms with E-state index in [1.165, 1.54) is 45.1 Å². The lowest BCUT2D eigenvalue weighted by atomic mass is 9.78. The fourth-order valence-corrected chi connectivity index (χ4v) is 3.95. The van der Waals surface area contributed by atoms with E-state index in [-0.39, 0.29) is 0 Å². The van der Waals surface area contributed by atoms with Crippen LogP contribution in [0.3, 0.4) is 0 Å². The highest BCUT2D eigenvalue weighted by Crippen LogP contribution is 2.33. The highest BCUT2D eigenvalue weighted by Gasteiger charge is 2.32. The van der Waals surface area contributed by atoms with Crippen molar-refractivity contribution in [2.75, 3.05) is 26.2 Å². The van der Waals surface area contributed by atoms with Crippen molar-refractivity contribution in [3.63, 3.8) is 0 Å². The molecule has 2 atom stereocenters. The van der Waals surface area contributed by atoms with E-state index in [1.54, 1.807) is 0 Å². The molecule has 112 valence electrons. The molecule has 0 aromatic rings. The Morgan fingerprint density at radius 1 is 1.21 bits per heavy atom. The van der Waals surface area contributed by atoms with Gasteiger partial charge in [0.1, 0.15) is 0 Å². The van der Waals surface area contributed by atoms with Crippen molar-refractivity contribution in [1.29, 1.82) is 0 Å². The maximum Gasteiger partial charge on any atom is 0.0702 e. The second-order valence-electron chi connectivity index (χ2n) is 6.54. The molecule has 2 fully saturated rings. The zero-order valence-electron chi connectivity index (χ0n) is 12.8. The van der Waals surface area contributed by atoms with Gasteiger partial charge in [-0.25, -0.2) is 0 Å². The molecule has 1 saturated heterocycles. The summed E-state index contributed by atoms with van der Waals surface area (Å²) in [5.74, 6) is 1.74. The van der Waals surface area contributed by atoms with Gasteiger partial charge < -0.3 is 10.5 Å². The molecule has 2 N–H and O–H groups in total. The normalized spacial score (nSPS) is 35.2. The molecule has 1 aliphatic heterocycles. The Balaban J connectivity index is 1.89. The SMILES string of the molecule is CCOC1CCCN(C(CN)C2CCC(C)CC2)C1. The molecule has 3 heteroatoms. The Morgan fingerprint density at radius 2 is 1.95 bits per heavy atom. The summed E-state index contributed by atoms with van der Waals surface area (Å²) in [6.07, 6.45) is 8.47. The third-order valence-corrected chi connectivity index (χ3v) is 5.13. The van der Waals surface area contributed by atoms with Gasteiger partial charge in [-0.05, 0) is 51.0 Å². The largest absolute Gasteiger partial charge is 0.377 e. The van der Waals surface area contributed by atoms with Crippen LogP contribution in [0.4, 0.5) is 0 Å². The first-order valence-corrected chi connectivity index (χ1v) is 8.30. The smallest absolute Gasteiger partial charge is 0.0702 e. The number of piperidine rings is 1. The summed E-state index contributed by atoms with van der Waals surface area (Å²) in [4.78, 5) is 2.63. The van der Waals surface area contributed by atoms with Gasteiger partial charge >= 0.3 is 0 Å². The van der Waals surface area contributed by atoms with Gasteiger partial charge in [0, 0.05) is 25.7 Å². The van der Waals surface area contributed by atoms with E-state index in [1.807, 2.05) is 0 Å². The summed E-state index contributed by atoms with van der Waals surface area (Å²) in [6.45, 7) is 8.46. The maximum atomic E-state index is 6.11. The van der Waals surface area contributed by atoms with E-state index in [2.05, 4.69) is 18.7 Å². The Labute approximate surface area is 118 Å². The van der Waals surface area contributed by atoms with Crippen LogP contribution in [0.2, 0.25) is 0 Å². The Bertz CT molecular complexity index is 249. The van der Waals surface area contributed by atoms with E-state index in [0.717, 1.165) is 31.5 Å². The Hall–Kier alpha value is -0.120. The van der Waals surface area contributed by atoms with Crippen molar-refractivity contribution in [3.8, 4) is 0 Å². The molecule has 2 rings (SSSR count). The van der Waals surface area contributed by atoms with Crippen molar-refractivity contribution >= 4 is 0 Å². The molecule has 2 unspecified atom stereocenters. The van der Waals surface area contributed by atoms with Crippen LogP contribution in [-0.2, 0) is 4.74 Å². The Morgan fingerprint density at radius 3 is 2.58 bits per heavy atom. The minimum atomic E-state index is 0.440. The van der Waals surface area contributed by atoms with Crippen molar-refractivity contribution in [2.24, 2.45) is 17.6 Å². The predicted octanol–water partition coefficient (Wildman–Crippen LogP) is 2.64. The molecule has 3 nitrogen and oxygen atoms in total. The second kappa shape index (κ2) is 7.61. The van der Waals surface area contributed by atoms with Gasteiger partial charge in [-0.1, -0.05) is 19.8 Å². The third kappa shape index (κ3) is 4.17. The number of nitrogens with two attached hydrogens (primary N) is 1. The molecular weight excluding hydrogens is 236 g/mol. The quantitative estimate of drug-likeness (QED) is 0.833. The maximum absolute atomic E-state index is 6.11. The molecule has 0 amide bonds. The first-order chi connectivity index (χ1) is 9.24. The lowest BCUT2D eigenvalue weighted by Crippen LogP contribution is -2.52. The fourth-order valence-electron chi connectivity index (χ4n) is 3.95. The Kier molecular flexibility index (Phi) is 6.11. The van der Waals surface area contributed by atoms with E-state index < -0.39 is 0 Å².